The molecule has 0 heterocycles. The zero-order chi connectivity index (χ0) is 13.8. The van der Waals surface area contributed by atoms with Crippen molar-refractivity contribution in [2.24, 2.45) is 11.1 Å². The molecule has 0 aromatic heterocycles. The van der Waals surface area contributed by atoms with Crippen LogP contribution in [0.5, 0.6) is 0 Å². The van der Waals surface area contributed by atoms with Crippen LogP contribution in [0.25, 0.3) is 0 Å². The molecule has 18 heavy (non-hydrogen) atoms. The Bertz CT molecular complexity index is 430. The zero-order valence-electron chi connectivity index (χ0n) is 10.9. The topological polar surface area (TPSA) is 101 Å². The van der Waals surface area contributed by atoms with Crippen molar-refractivity contribution in [3.63, 3.8) is 0 Å². The smallest absolute Gasteiger partial charge is 0.248 e. The van der Waals surface area contributed by atoms with E-state index in [4.69, 9.17) is 16.6 Å². The monoisotopic (exact) mass is 251 g/mol. The lowest BCUT2D eigenvalue weighted by Gasteiger charge is -2.25. The van der Waals surface area contributed by atoms with E-state index in [-0.39, 0.29) is 12.0 Å². The van der Waals surface area contributed by atoms with Gasteiger partial charge in [-0.05, 0) is 30.0 Å². The molecule has 0 atom stereocenters. The predicted octanol–water partition coefficient (Wildman–Crippen LogP) is 1.19. The fourth-order valence-electron chi connectivity index (χ4n) is 1.60. The van der Waals surface area contributed by atoms with Gasteiger partial charge in [-0.15, -0.1) is 0 Å². The summed E-state index contributed by atoms with van der Waals surface area (Å²) in [6.07, 6.45) is 0.708. The van der Waals surface area contributed by atoms with E-state index in [2.05, 4.69) is 19.2 Å². The van der Waals surface area contributed by atoms with Crippen molar-refractivity contribution in [3.8, 4) is 0 Å². The maximum atomic E-state index is 11.0. The van der Waals surface area contributed by atoms with Gasteiger partial charge >= 0.3 is 0 Å². The molecule has 0 fully saturated rings. The van der Waals surface area contributed by atoms with E-state index in [1.165, 1.54) is 0 Å². The summed E-state index contributed by atoms with van der Waals surface area (Å²) in [5, 5.41) is 12.2. The van der Waals surface area contributed by atoms with Crippen LogP contribution in [-0.2, 0) is 0 Å². The molecule has 0 aliphatic heterocycles. The van der Waals surface area contributed by atoms with Crippen LogP contribution in [-0.4, -0.2) is 24.2 Å². The third kappa shape index (κ3) is 3.92. The molecule has 1 aromatic rings. The number of carbonyl (C=O) groups is 1. The lowest BCUT2D eigenvalue weighted by atomic mass is 9.89. The number of hydrogen-bond donors (Lipinski definition) is 4. The predicted molar refractivity (Wildman–Crippen MR) is 73.3 cm³/mol. The Morgan fingerprint density at radius 3 is 2.61 bits per heavy atom. The number of nitrogens with one attached hydrogen (secondary N) is 1. The highest BCUT2D eigenvalue weighted by Crippen LogP contribution is 2.24. The summed E-state index contributed by atoms with van der Waals surface area (Å²) in [7, 11) is 0. The Morgan fingerprint density at radius 2 is 2.11 bits per heavy atom. The van der Waals surface area contributed by atoms with Crippen LogP contribution in [0.1, 0.15) is 30.6 Å². The van der Waals surface area contributed by atoms with Gasteiger partial charge in [0.15, 0.2) is 0 Å². The standard InChI is InChI=1S/C13H21N3O2/c1-13(2,5-6-17)8-16-11-4-3-9(12(15)18)7-10(11)14/h3-4,7,16-17H,5-6,8,14H2,1-2H3,(H2,15,18). The number of amides is 1. The third-order valence-corrected chi connectivity index (χ3v) is 2.88. The second-order valence-corrected chi connectivity index (χ2v) is 5.16. The molecule has 100 valence electrons. The molecule has 0 aliphatic rings. The molecule has 0 saturated carbocycles. The summed E-state index contributed by atoms with van der Waals surface area (Å²) in [5.74, 6) is -0.492. The molecule has 0 spiro atoms. The summed E-state index contributed by atoms with van der Waals surface area (Å²) in [5.41, 5.74) is 12.6. The van der Waals surface area contributed by atoms with Crippen molar-refractivity contribution in [2.75, 3.05) is 24.2 Å². The van der Waals surface area contributed by atoms with Crippen LogP contribution in [0.3, 0.4) is 0 Å². The number of aliphatic hydroxyl groups excluding tert-OH is 1. The van der Waals surface area contributed by atoms with Crippen LogP contribution in [0.4, 0.5) is 11.4 Å². The van der Waals surface area contributed by atoms with E-state index in [1.807, 2.05) is 0 Å². The second-order valence-electron chi connectivity index (χ2n) is 5.16. The van der Waals surface area contributed by atoms with Crippen LogP contribution in [0.2, 0.25) is 0 Å². The van der Waals surface area contributed by atoms with Gasteiger partial charge in [0, 0.05) is 18.7 Å². The second kappa shape index (κ2) is 5.73. The quantitative estimate of drug-likeness (QED) is 0.570. The summed E-state index contributed by atoms with van der Waals surface area (Å²) >= 11 is 0. The molecule has 0 bridgehead atoms. The molecule has 1 amide bonds. The SMILES string of the molecule is CC(C)(CCO)CNc1ccc(C(N)=O)cc1N. The van der Waals surface area contributed by atoms with Crippen molar-refractivity contribution >= 4 is 17.3 Å². The Kier molecular flexibility index (Phi) is 4.55. The van der Waals surface area contributed by atoms with E-state index in [1.54, 1.807) is 18.2 Å². The summed E-state index contributed by atoms with van der Waals surface area (Å²) < 4.78 is 0. The fraction of sp³-hybridized carbons (Fsp3) is 0.462. The maximum absolute atomic E-state index is 11.0. The molecular weight excluding hydrogens is 230 g/mol. The number of benzene rings is 1. The average Bonchev–Trinajstić information content (AvgIpc) is 2.27. The molecule has 0 aliphatic carbocycles. The van der Waals surface area contributed by atoms with Crippen molar-refractivity contribution < 1.29 is 9.90 Å². The van der Waals surface area contributed by atoms with E-state index in [9.17, 15) is 4.79 Å². The van der Waals surface area contributed by atoms with Gasteiger partial charge in [0.05, 0.1) is 11.4 Å². The molecule has 0 radical (unpaired) electrons. The Labute approximate surface area is 107 Å². The van der Waals surface area contributed by atoms with Gasteiger partial charge in [0.1, 0.15) is 0 Å². The highest BCUT2D eigenvalue weighted by molar-refractivity contribution is 5.94. The van der Waals surface area contributed by atoms with Crippen LogP contribution in [0, 0.1) is 5.41 Å². The number of hydrogen-bond acceptors (Lipinski definition) is 4. The number of nitrogens with two attached hydrogens (primary N) is 2. The highest BCUT2D eigenvalue weighted by atomic mass is 16.3. The van der Waals surface area contributed by atoms with Gasteiger partial charge < -0.3 is 21.9 Å². The van der Waals surface area contributed by atoms with Gasteiger partial charge in [-0.25, -0.2) is 0 Å². The van der Waals surface area contributed by atoms with Gasteiger partial charge in [0.2, 0.25) is 5.91 Å². The molecule has 5 heteroatoms. The Balaban J connectivity index is 2.71. The first kappa shape index (κ1) is 14.3. The van der Waals surface area contributed by atoms with Gasteiger partial charge in [0.25, 0.3) is 0 Å². The lowest BCUT2D eigenvalue weighted by molar-refractivity contribution is 0.100. The molecule has 6 N–H and O–H groups in total. The Morgan fingerprint density at radius 1 is 1.44 bits per heavy atom. The minimum Gasteiger partial charge on any atom is -0.397 e. The first-order valence-corrected chi connectivity index (χ1v) is 5.90. The van der Waals surface area contributed by atoms with E-state index < -0.39 is 5.91 Å². The molecular formula is C13H21N3O2. The van der Waals surface area contributed by atoms with Crippen LogP contribution >= 0.6 is 0 Å². The lowest BCUT2D eigenvalue weighted by Crippen LogP contribution is -2.24. The van der Waals surface area contributed by atoms with Crippen LogP contribution in [0.15, 0.2) is 18.2 Å². The number of carbonyl (C=O) groups excluding carboxylic acids is 1. The third-order valence-electron chi connectivity index (χ3n) is 2.88. The van der Waals surface area contributed by atoms with Crippen molar-refractivity contribution in [3.05, 3.63) is 23.8 Å². The molecule has 1 aromatic carbocycles. The molecule has 0 saturated heterocycles. The molecule has 1 rings (SSSR count). The largest absolute Gasteiger partial charge is 0.397 e. The summed E-state index contributed by atoms with van der Waals surface area (Å²) in [4.78, 5) is 11.0. The number of anilines is 2. The van der Waals surface area contributed by atoms with Crippen LogP contribution < -0.4 is 16.8 Å². The van der Waals surface area contributed by atoms with Gasteiger partial charge in [-0.2, -0.15) is 0 Å². The van der Waals surface area contributed by atoms with Gasteiger partial charge in [-0.3, -0.25) is 4.79 Å². The summed E-state index contributed by atoms with van der Waals surface area (Å²) in [6.45, 7) is 4.97. The summed E-state index contributed by atoms with van der Waals surface area (Å²) in [6, 6.07) is 4.94. The first-order chi connectivity index (χ1) is 8.35. The number of rotatable bonds is 6. The molecule has 5 nitrogen and oxygen atoms in total. The maximum Gasteiger partial charge on any atom is 0.248 e. The minimum absolute atomic E-state index is 0.0243. The minimum atomic E-state index is -0.492. The zero-order valence-corrected chi connectivity index (χ0v) is 10.9. The Hall–Kier alpha value is -1.75. The average molecular weight is 251 g/mol. The van der Waals surface area contributed by atoms with E-state index in [0.29, 0.717) is 24.2 Å². The fourth-order valence-corrected chi connectivity index (χ4v) is 1.60. The normalized spacial score (nSPS) is 11.3. The number of nitrogen functional groups attached to an aromatic ring is 1. The van der Waals surface area contributed by atoms with Crippen molar-refractivity contribution in [2.45, 2.75) is 20.3 Å². The van der Waals surface area contributed by atoms with E-state index in [0.717, 1.165) is 5.69 Å². The number of aliphatic hydroxyl groups is 1. The van der Waals surface area contributed by atoms with E-state index >= 15 is 0 Å². The molecule has 0 unspecified atom stereocenters. The van der Waals surface area contributed by atoms with Gasteiger partial charge in [-0.1, -0.05) is 13.8 Å². The highest BCUT2D eigenvalue weighted by Gasteiger charge is 2.17. The van der Waals surface area contributed by atoms with Crippen molar-refractivity contribution in [1.29, 1.82) is 0 Å². The number of primary amides is 1. The van der Waals surface area contributed by atoms with Crippen molar-refractivity contribution in [1.82, 2.24) is 0 Å². The first-order valence-electron chi connectivity index (χ1n) is 5.90.